The smallest absolute Gasteiger partial charge is 0.119 e. The molecule has 0 N–H and O–H groups in total. The molecule has 0 saturated heterocycles. The molecule has 3 heteroatoms. The van der Waals surface area contributed by atoms with Gasteiger partial charge < -0.3 is 0 Å². The highest BCUT2D eigenvalue weighted by Crippen LogP contribution is 2.22. The zero-order valence-corrected chi connectivity index (χ0v) is 16.5. The maximum absolute atomic E-state index is 3.96. The van der Waals surface area contributed by atoms with Crippen LogP contribution in [0.5, 0.6) is 0 Å². The molecule has 0 unspecified atom stereocenters. The van der Waals surface area contributed by atoms with E-state index in [1.54, 1.807) is 0 Å². The van der Waals surface area contributed by atoms with E-state index in [2.05, 4.69) is 60.3 Å². The van der Waals surface area contributed by atoms with Gasteiger partial charge in [0.1, 0.15) is 5.57 Å². The van der Waals surface area contributed by atoms with Gasteiger partial charge in [0.2, 0.25) is 0 Å². The van der Waals surface area contributed by atoms with Gasteiger partial charge in [-0.15, -0.1) is 34.1 Å². The minimum atomic E-state index is -1.01. The summed E-state index contributed by atoms with van der Waals surface area (Å²) in [7, 11) is -1.01. The Bertz CT molecular complexity index is 207. The van der Waals surface area contributed by atoms with Crippen LogP contribution in [0.25, 0.3) is 0 Å². The first-order chi connectivity index (χ1) is 7.77. The molecule has 0 aliphatic carbocycles. The minimum Gasteiger partial charge on any atom is -0.119 e. The van der Waals surface area contributed by atoms with Crippen LogP contribution in [0.15, 0.2) is 12.3 Å². The molecule has 0 radical (unpaired) electrons. The second-order valence-electron chi connectivity index (χ2n) is 6.53. The fourth-order valence-corrected chi connectivity index (χ4v) is 5.54. The van der Waals surface area contributed by atoms with Crippen molar-refractivity contribution in [1.29, 1.82) is 0 Å². The SMILES string of the molecule is C=C[Si](C)(C)CCCCCCCC[Si](C)(C)I. The summed E-state index contributed by atoms with van der Waals surface area (Å²) in [5.41, 5.74) is 1.44. The normalized spacial score (nSPS) is 12.8. The van der Waals surface area contributed by atoms with Crippen LogP contribution in [0.2, 0.25) is 38.3 Å². The van der Waals surface area contributed by atoms with E-state index in [1.807, 2.05) is 0 Å². The van der Waals surface area contributed by atoms with Gasteiger partial charge in [-0.3, -0.25) is 0 Å². The summed E-state index contributed by atoms with van der Waals surface area (Å²) in [6.45, 7) is 13.7. The average Bonchev–Trinajstić information content (AvgIpc) is 2.20. The van der Waals surface area contributed by atoms with Crippen molar-refractivity contribution in [3.8, 4) is 0 Å². The summed E-state index contributed by atoms with van der Waals surface area (Å²) in [6.07, 6.45) is 8.70. The number of hydrogen-bond donors (Lipinski definition) is 0. The third kappa shape index (κ3) is 13.1. The van der Waals surface area contributed by atoms with Gasteiger partial charge in [0.25, 0.3) is 0 Å². The predicted molar refractivity (Wildman–Crippen MR) is 96.5 cm³/mol. The Balaban J connectivity index is 3.28. The Hall–Kier alpha value is 0.904. The molecule has 0 aromatic carbocycles. The first-order valence-electron chi connectivity index (χ1n) is 7.09. The standard InChI is InChI=1S/C14H31ISi2/c1-6-16(2,3)13-11-9-7-8-10-12-14-17(4,5)15/h6H,1,7-14H2,2-5H3. The van der Waals surface area contributed by atoms with Crippen molar-refractivity contribution in [2.45, 2.75) is 76.8 Å². The van der Waals surface area contributed by atoms with Crippen LogP contribution >= 0.6 is 21.8 Å². The van der Waals surface area contributed by atoms with Gasteiger partial charge in [0, 0.05) is 0 Å². The van der Waals surface area contributed by atoms with Crippen LogP contribution in [-0.2, 0) is 0 Å². The van der Waals surface area contributed by atoms with Crippen molar-refractivity contribution in [2.24, 2.45) is 0 Å². The quantitative estimate of drug-likeness (QED) is 0.177. The zero-order valence-electron chi connectivity index (χ0n) is 12.3. The summed E-state index contributed by atoms with van der Waals surface area (Å²) >= 11 is 2.70. The van der Waals surface area contributed by atoms with Crippen molar-refractivity contribution in [3.63, 3.8) is 0 Å². The Morgan fingerprint density at radius 1 is 0.824 bits per heavy atom. The van der Waals surface area contributed by atoms with E-state index < -0.39 is 13.6 Å². The first kappa shape index (κ1) is 17.9. The monoisotopic (exact) mass is 382 g/mol. The predicted octanol–water partition coefficient (Wildman–Crippen LogP) is 6.40. The lowest BCUT2D eigenvalue weighted by atomic mass is 10.1. The van der Waals surface area contributed by atoms with Crippen molar-refractivity contribution < 1.29 is 0 Å². The molecule has 102 valence electrons. The van der Waals surface area contributed by atoms with E-state index in [1.165, 1.54) is 50.6 Å². The fraction of sp³-hybridized carbons (Fsp3) is 0.857. The highest BCUT2D eigenvalue weighted by molar-refractivity contribution is 14.1. The second-order valence-corrected chi connectivity index (χ2v) is 24.1. The number of unbranched alkanes of at least 4 members (excludes halogenated alkanes) is 5. The van der Waals surface area contributed by atoms with Crippen LogP contribution in [0, 0.1) is 0 Å². The first-order valence-corrected chi connectivity index (χ1v) is 16.7. The van der Waals surface area contributed by atoms with E-state index >= 15 is 0 Å². The van der Waals surface area contributed by atoms with Crippen molar-refractivity contribution >= 4 is 35.4 Å². The van der Waals surface area contributed by atoms with Gasteiger partial charge in [-0.1, -0.05) is 70.8 Å². The molecule has 0 fully saturated rings. The van der Waals surface area contributed by atoms with Crippen molar-refractivity contribution in [1.82, 2.24) is 0 Å². The Morgan fingerprint density at radius 3 is 1.65 bits per heavy atom. The lowest BCUT2D eigenvalue weighted by molar-refractivity contribution is 0.621. The summed E-state index contributed by atoms with van der Waals surface area (Å²) < 4.78 is 0. The third-order valence-electron chi connectivity index (χ3n) is 3.39. The third-order valence-corrected chi connectivity index (χ3v) is 9.30. The van der Waals surface area contributed by atoms with E-state index in [9.17, 15) is 0 Å². The number of rotatable bonds is 10. The molecular weight excluding hydrogens is 351 g/mol. The fourth-order valence-electron chi connectivity index (χ4n) is 1.94. The summed E-state index contributed by atoms with van der Waals surface area (Å²) in [6, 6.07) is 2.94. The topological polar surface area (TPSA) is 0 Å². The van der Waals surface area contributed by atoms with Gasteiger partial charge in [0.05, 0.1) is 8.07 Å². The average molecular weight is 382 g/mol. The molecule has 0 amide bonds. The van der Waals surface area contributed by atoms with E-state index in [0.29, 0.717) is 0 Å². The maximum Gasteiger partial charge on any atom is 0.119 e. The highest BCUT2D eigenvalue weighted by Gasteiger charge is 2.15. The second kappa shape index (κ2) is 8.91. The molecule has 0 saturated carbocycles. The zero-order chi connectivity index (χ0) is 13.4. The molecule has 0 aliphatic rings. The van der Waals surface area contributed by atoms with Crippen LogP contribution in [0.1, 0.15) is 38.5 Å². The molecule has 0 bridgehead atoms. The molecule has 0 aromatic heterocycles. The molecule has 0 nitrogen and oxygen atoms in total. The number of halogens is 1. The van der Waals surface area contributed by atoms with E-state index in [0.717, 1.165) is 0 Å². The van der Waals surface area contributed by atoms with Gasteiger partial charge in [-0.2, -0.15) is 0 Å². The van der Waals surface area contributed by atoms with E-state index in [-0.39, 0.29) is 0 Å². The lowest BCUT2D eigenvalue weighted by Crippen LogP contribution is -2.21. The van der Waals surface area contributed by atoms with Gasteiger partial charge in [-0.05, 0) is 6.04 Å². The highest BCUT2D eigenvalue weighted by atomic mass is 127. The molecule has 0 atom stereocenters. The molecule has 0 heterocycles. The molecule has 0 aliphatic heterocycles. The molecular formula is C14H31ISi2. The Kier molecular flexibility index (Phi) is 9.39. The van der Waals surface area contributed by atoms with Gasteiger partial charge in [-0.25, -0.2) is 0 Å². The maximum atomic E-state index is 3.96. The van der Waals surface area contributed by atoms with Gasteiger partial charge in [0.15, 0.2) is 0 Å². The van der Waals surface area contributed by atoms with Crippen molar-refractivity contribution in [2.75, 3.05) is 0 Å². The molecule has 0 spiro atoms. The summed E-state index contributed by atoms with van der Waals surface area (Å²) in [5.74, 6) is 0. The lowest BCUT2D eigenvalue weighted by Gasteiger charge is -2.16. The number of hydrogen-bond acceptors (Lipinski definition) is 0. The molecule has 0 rings (SSSR count). The van der Waals surface area contributed by atoms with Crippen LogP contribution in [0.4, 0.5) is 0 Å². The summed E-state index contributed by atoms with van der Waals surface area (Å²) in [4.78, 5) is 0. The molecule has 0 aromatic rings. The van der Waals surface area contributed by atoms with Crippen LogP contribution in [0.3, 0.4) is 0 Å². The summed E-state index contributed by atoms with van der Waals surface area (Å²) in [5, 5.41) is 0. The Morgan fingerprint density at radius 2 is 1.24 bits per heavy atom. The van der Waals surface area contributed by atoms with Crippen LogP contribution < -0.4 is 0 Å². The van der Waals surface area contributed by atoms with E-state index in [4.69, 9.17) is 0 Å². The Labute approximate surface area is 124 Å². The molecule has 17 heavy (non-hydrogen) atoms. The van der Waals surface area contributed by atoms with Gasteiger partial charge >= 0.3 is 0 Å². The van der Waals surface area contributed by atoms with Crippen molar-refractivity contribution in [3.05, 3.63) is 12.3 Å². The minimum absolute atomic E-state index is 0.798. The largest absolute Gasteiger partial charge is 0.119 e. The van der Waals surface area contributed by atoms with Crippen LogP contribution in [-0.4, -0.2) is 13.6 Å².